The number of fused-ring (bicyclic) bond motifs is 2. The van der Waals surface area contributed by atoms with Gasteiger partial charge in [0.1, 0.15) is 0 Å². The Morgan fingerprint density at radius 1 is 0.795 bits per heavy atom. The molecule has 2 N–H and O–H groups in total. The molecule has 190 valence electrons. The molecule has 0 bridgehead atoms. The number of carbonyl (C=O) groups excluding carboxylic acids is 3. The van der Waals surface area contributed by atoms with Crippen LogP contribution < -0.4 is 10.6 Å². The minimum absolute atomic E-state index is 0.0974. The van der Waals surface area contributed by atoms with Crippen molar-refractivity contribution >= 4 is 46.1 Å². The average molecular weight is 517 g/mol. The molecule has 4 aromatic carbocycles. The monoisotopic (exact) mass is 516 g/mol. The van der Waals surface area contributed by atoms with Crippen molar-refractivity contribution in [3.63, 3.8) is 0 Å². The quantitative estimate of drug-likeness (QED) is 0.155. The number of non-ortho nitro benzene ring substituents is 1. The number of hydrogen-bond donors (Lipinski definition) is 2. The number of benzene rings is 4. The summed E-state index contributed by atoms with van der Waals surface area (Å²) in [5.41, 5.74) is 4.38. The molecule has 0 spiro atoms. The first kappa shape index (κ1) is 23.8. The van der Waals surface area contributed by atoms with E-state index in [9.17, 15) is 24.5 Å². The summed E-state index contributed by atoms with van der Waals surface area (Å²) >= 11 is 0. The Bertz CT molecular complexity index is 1680. The Balaban J connectivity index is 1.38. The fourth-order valence-corrected chi connectivity index (χ4v) is 4.80. The number of nitro groups is 1. The molecule has 0 saturated heterocycles. The van der Waals surface area contributed by atoms with Gasteiger partial charge in [-0.05, 0) is 41.5 Å². The Hall–Kier alpha value is -5.57. The third-order valence-electron chi connectivity index (χ3n) is 6.71. The number of nitrogens with one attached hydrogen (secondary N) is 2. The van der Waals surface area contributed by atoms with Gasteiger partial charge in [0.2, 0.25) is 0 Å². The van der Waals surface area contributed by atoms with Crippen LogP contribution in [0.3, 0.4) is 0 Å². The van der Waals surface area contributed by atoms with Gasteiger partial charge in [0, 0.05) is 29.1 Å². The standard InChI is InChI=1S/C30H20N4O5/c35-28-26(24-16-21(34(38)39)14-15-25(24)32-28)27(31-20-6-2-1-3-7-20)19-12-10-18(11-13-19)17-33-29(36)22-8-4-5-9-23(22)30(33)37/h1-16,31H,17H2,(H,32,35). The van der Waals surface area contributed by atoms with Crippen molar-refractivity contribution in [1.82, 2.24) is 4.90 Å². The lowest BCUT2D eigenvalue weighted by Gasteiger charge is -2.17. The van der Waals surface area contributed by atoms with E-state index >= 15 is 0 Å². The third kappa shape index (κ3) is 4.21. The van der Waals surface area contributed by atoms with E-state index in [0.29, 0.717) is 33.6 Å². The Morgan fingerprint density at radius 2 is 1.44 bits per heavy atom. The fraction of sp³-hybridized carbons (Fsp3) is 0.0333. The van der Waals surface area contributed by atoms with Crippen molar-refractivity contribution in [2.45, 2.75) is 6.54 Å². The SMILES string of the molecule is O=C1Nc2ccc([N+](=O)[O-])cc2C1=C(Nc1ccccc1)c1ccc(CN2C(=O)c3ccccc3C2=O)cc1. The van der Waals surface area contributed by atoms with Crippen LogP contribution in [0.4, 0.5) is 17.1 Å². The minimum Gasteiger partial charge on any atom is -0.354 e. The number of hydrogen-bond acceptors (Lipinski definition) is 6. The molecule has 2 heterocycles. The highest BCUT2D eigenvalue weighted by atomic mass is 16.6. The Labute approximate surface area is 222 Å². The van der Waals surface area contributed by atoms with Crippen LogP contribution in [0, 0.1) is 10.1 Å². The van der Waals surface area contributed by atoms with Crippen LogP contribution in [-0.2, 0) is 11.3 Å². The van der Waals surface area contributed by atoms with Crippen molar-refractivity contribution in [2.24, 2.45) is 0 Å². The largest absolute Gasteiger partial charge is 0.354 e. The van der Waals surface area contributed by atoms with E-state index < -0.39 is 4.92 Å². The molecule has 2 aliphatic heterocycles. The summed E-state index contributed by atoms with van der Waals surface area (Å²) < 4.78 is 0. The molecule has 2 aliphatic rings. The summed E-state index contributed by atoms with van der Waals surface area (Å²) in [5, 5.41) is 17.5. The molecular formula is C30H20N4O5. The summed E-state index contributed by atoms with van der Waals surface area (Å²) in [6.07, 6.45) is 0. The summed E-state index contributed by atoms with van der Waals surface area (Å²) in [5.74, 6) is -1.07. The van der Waals surface area contributed by atoms with Crippen LogP contribution in [0.1, 0.15) is 37.4 Å². The van der Waals surface area contributed by atoms with Crippen LogP contribution in [0.5, 0.6) is 0 Å². The number of nitrogens with zero attached hydrogens (tertiary/aromatic N) is 2. The van der Waals surface area contributed by atoms with Crippen molar-refractivity contribution in [2.75, 3.05) is 10.6 Å². The van der Waals surface area contributed by atoms with Gasteiger partial charge in [0.15, 0.2) is 0 Å². The highest BCUT2D eigenvalue weighted by Crippen LogP contribution is 2.39. The van der Waals surface area contributed by atoms with Crippen LogP contribution >= 0.6 is 0 Å². The van der Waals surface area contributed by atoms with Crippen molar-refractivity contribution < 1.29 is 19.3 Å². The maximum atomic E-state index is 13.1. The van der Waals surface area contributed by atoms with Gasteiger partial charge in [-0.25, -0.2) is 0 Å². The second kappa shape index (κ2) is 9.38. The molecule has 0 saturated carbocycles. The molecule has 0 aromatic heterocycles. The first-order valence-electron chi connectivity index (χ1n) is 12.1. The number of imide groups is 1. The van der Waals surface area contributed by atoms with Crippen LogP contribution in [0.25, 0.3) is 11.3 Å². The zero-order valence-electron chi connectivity index (χ0n) is 20.4. The normalized spacial score (nSPS) is 15.1. The number of para-hydroxylation sites is 1. The zero-order chi connectivity index (χ0) is 27.1. The summed E-state index contributed by atoms with van der Waals surface area (Å²) in [7, 11) is 0. The topological polar surface area (TPSA) is 122 Å². The fourth-order valence-electron chi connectivity index (χ4n) is 4.80. The van der Waals surface area contributed by atoms with Gasteiger partial charge in [-0.15, -0.1) is 0 Å². The second-order valence-corrected chi connectivity index (χ2v) is 9.12. The van der Waals surface area contributed by atoms with Gasteiger partial charge in [-0.3, -0.25) is 29.4 Å². The van der Waals surface area contributed by atoms with Gasteiger partial charge >= 0.3 is 0 Å². The lowest BCUT2D eigenvalue weighted by Crippen LogP contribution is -2.29. The molecule has 3 amide bonds. The maximum Gasteiger partial charge on any atom is 0.270 e. The van der Waals surface area contributed by atoms with Crippen molar-refractivity contribution in [3.8, 4) is 0 Å². The molecule has 9 heteroatoms. The molecule has 39 heavy (non-hydrogen) atoms. The lowest BCUT2D eigenvalue weighted by atomic mass is 9.98. The highest BCUT2D eigenvalue weighted by Gasteiger charge is 2.35. The first-order chi connectivity index (χ1) is 18.9. The second-order valence-electron chi connectivity index (χ2n) is 9.12. The van der Waals surface area contributed by atoms with Crippen LogP contribution in [0.15, 0.2) is 97.1 Å². The van der Waals surface area contributed by atoms with E-state index in [2.05, 4.69) is 10.6 Å². The molecule has 0 aliphatic carbocycles. The van der Waals surface area contributed by atoms with E-state index in [1.54, 1.807) is 48.5 Å². The van der Waals surface area contributed by atoms with Gasteiger partial charge in [-0.2, -0.15) is 0 Å². The van der Waals surface area contributed by atoms with Crippen molar-refractivity contribution in [3.05, 3.63) is 135 Å². The van der Waals surface area contributed by atoms with E-state index in [4.69, 9.17) is 0 Å². The van der Waals surface area contributed by atoms with Gasteiger partial charge < -0.3 is 10.6 Å². The van der Waals surface area contributed by atoms with Gasteiger partial charge in [0.25, 0.3) is 23.4 Å². The minimum atomic E-state index is -0.501. The lowest BCUT2D eigenvalue weighted by molar-refractivity contribution is -0.384. The summed E-state index contributed by atoms with van der Waals surface area (Å²) in [6.45, 7) is 0.0974. The number of amides is 3. The van der Waals surface area contributed by atoms with Gasteiger partial charge in [-0.1, -0.05) is 54.6 Å². The average Bonchev–Trinajstić information content (AvgIpc) is 3.41. The number of rotatable bonds is 6. The molecule has 4 aromatic rings. The molecule has 6 rings (SSSR count). The Kier molecular flexibility index (Phi) is 5.73. The summed E-state index contributed by atoms with van der Waals surface area (Å²) in [6, 6.07) is 27.4. The summed E-state index contributed by atoms with van der Waals surface area (Å²) in [4.78, 5) is 50.9. The molecule has 0 atom stereocenters. The maximum absolute atomic E-state index is 13.1. The van der Waals surface area contributed by atoms with E-state index in [0.717, 1.165) is 11.3 Å². The predicted octanol–water partition coefficient (Wildman–Crippen LogP) is 5.32. The third-order valence-corrected chi connectivity index (χ3v) is 6.71. The van der Waals surface area contributed by atoms with E-state index in [1.165, 1.54) is 23.1 Å². The number of carbonyl (C=O) groups is 3. The predicted molar refractivity (Wildman–Crippen MR) is 146 cm³/mol. The van der Waals surface area contributed by atoms with E-state index in [1.807, 2.05) is 30.3 Å². The van der Waals surface area contributed by atoms with Crippen LogP contribution in [0.2, 0.25) is 0 Å². The number of anilines is 2. The zero-order valence-corrected chi connectivity index (χ0v) is 20.4. The molecule has 9 nitrogen and oxygen atoms in total. The Morgan fingerprint density at radius 3 is 2.08 bits per heavy atom. The highest BCUT2D eigenvalue weighted by molar-refractivity contribution is 6.37. The van der Waals surface area contributed by atoms with E-state index in [-0.39, 0.29) is 35.5 Å². The smallest absolute Gasteiger partial charge is 0.270 e. The van der Waals surface area contributed by atoms with Crippen molar-refractivity contribution in [1.29, 1.82) is 0 Å². The molecular weight excluding hydrogens is 496 g/mol. The van der Waals surface area contributed by atoms with Crippen LogP contribution in [-0.4, -0.2) is 27.5 Å². The first-order valence-corrected chi connectivity index (χ1v) is 12.1. The number of nitro benzene ring substituents is 1. The molecule has 0 unspecified atom stereocenters. The molecule has 0 radical (unpaired) electrons. The van der Waals surface area contributed by atoms with Gasteiger partial charge in [0.05, 0.1) is 33.9 Å². The molecule has 0 fully saturated rings.